The van der Waals surface area contributed by atoms with Gasteiger partial charge in [-0.05, 0) is 25.0 Å². The highest BCUT2D eigenvalue weighted by atomic mass is 32.2. The van der Waals surface area contributed by atoms with Crippen LogP contribution >= 0.6 is 0 Å². The topological polar surface area (TPSA) is 79.2 Å². The fourth-order valence-electron chi connectivity index (χ4n) is 2.57. The summed E-state index contributed by atoms with van der Waals surface area (Å²) in [5.74, 6) is 0. The molecule has 1 aromatic rings. The fraction of sp³-hybridized carbons (Fsp3) is 0.500. The fourth-order valence-corrected chi connectivity index (χ4v) is 4.03. The van der Waals surface area contributed by atoms with Crippen molar-refractivity contribution in [3.8, 4) is 6.07 Å². The van der Waals surface area contributed by atoms with Crippen molar-refractivity contribution >= 4 is 10.0 Å². The molecule has 0 aliphatic heterocycles. The van der Waals surface area contributed by atoms with Crippen molar-refractivity contribution in [3.05, 3.63) is 29.8 Å². The van der Waals surface area contributed by atoms with E-state index in [0.29, 0.717) is 0 Å². The quantitative estimate of drug-likeness (QED) is 0.918. The third-order valence-corrected chi connectivity index (χ3v) is 5.16. The predicted molar refractivity (Wildman–Crippen MR) is 74.5 cm³/mol. The first-order valence-corrected chi connectivity index (χ1v) is 8.11. The molecule has 2 rings (SSSR count). The first-order valence-electron chi connectivity index (χ1n) is 6.62. The molecule has 0 aromatic heterocycles. The molecule has 0 radical (unpaired) electrons. The molecule has 1 aliphatic rings. The lowest BCUT2D eigenvalue weighted by Gasteiger charge is -2.30. The highest BCUT2D eigenvalue weighted by molar-refractivity contribution is 7.89. The summed E-state index contributed by atoms with van der Waals surface area (Å²) in [4.78, 5) is 0.0305. The molecule has 0 unspecified atom stereocenters. The van der Waals surface area contributed by atoms with Crippen LogP contribution in [-0.2, 0) is 14.8 Å². The highest BCUT2D eigenvalue weighted by Gasteiger charge is 2.30. The molecule has 0 spiro atoms. The molecule has 1 saturated carbocycles. The van der Waals surface area contributed by atoms with Gasteiger partial charge in [0.05, 0.1) is 16.6 Å². The molecule has 5 nitrogen and oxygen atoms in total. The van der Waals surface area contributed by atoms with Crippen LogP contribution in [0, 0.1) is 11.3 Å². The van der Waals surface area contributed by atoms with Gasteiger partial charge in [0, 0.05) is 13.2 Å². The average Bonchev–Trinajstić information content (AvgIpc) is 2.47. The summed E-state index contributed by atoms with van der Waals surface area (Å²) < 4.78 is 32.9. The molecule has 1 fully saturated rings. The number of nitrogens with one attached hydrogen (secondary N) is 1. The van der Waals surface area contributed by atoms with Crippen LogP contribution in [0.4, 0.5) is 0 Å². The van der Waals surface area contributed by atoms with E-state index in [9.17, 15) is 8.42 Å². The molecule has 108 valence electrons. The van der Waals surface area contributed by atoms with Crippen molar-refractivity contribution in [1.29, 1.82) is 5.26 Å². The highest BCUT2D eigenvalue weighted by Crippen LogP contribution is 2.23. The third kappa shape index (κ3) is 3.18. The van der Waals surface area contributed by atoms with E-state index < -0.39 is 10.0 Å². The molecule has 0 saturated heterocycles. The van der Waals surface area contributed by atoms with Crippen molar-refractivity contribution in [2.45, 2.75) is 42.7 Å². The third-order valence-electron chi connectivity index (χ3n) is 3.61. The van der Waals surface area contributed by atoms with Gasteiger partial charge in [0.25, 0.3) is 0 Å². The van der Waals surface area contributed by atoms with E-state index in [4.69, 9.17) is 10.00 Å². The summed E-state index contributed by atoms with van der Waals surface area (Å²) in [7, 11) is -2.10. The van der Waals surface area contributed by atoms with E-state index in [1.165, 1.54) is 12.1 Å². The number of ether oxygens (including phenoxy) is 1. The van der Waals surface area contributed by atoms with Gasteiger partial charge in [0.1, 0.15) is 6.07 Å². The second kappa shape index (κ2) is 6.35. The molecule has 1 aliphatic carbocycles. The van der Waals surface area contributed by atoms with Gasteiger partial charge >= 0.3 is 0 Å². The van der Waals surface area contributed by atoms with Gasteiger partial charge in [-0.3, -0.25) is 0 Å². The zero-order valence-electron chi connectivity index (χ0n) is 11.4. The van der Waals surface area contributed by atoms with Gasteiger partial charge in [0.15, 0.2) is 0 Å². The molecule has 2 atom stereocenters. The maximum absolute atomic E-state index is 12.4. The molecule has 20 heavy (non-hydrogen) atoms. The molecule has 0 bridgehead atoms. The first kappa shape index (κ1) is 15.0. The summed E-state index contributed by atoms with van der Waals surface area (Å²) in [5.41, 5.74) is 0.157. The van der Waals surface area contributed by atoms with Gasteiger partial charge < -0.3 is 4.74 Å². The van der Waals surface area contributed by atoms with Gasteiger partial charge in [0.2, 0.25) is 10.0 Å². The molecule has 1 N–H and O–H groups in total. The van der Waals surface area contributed by atoms with Crippen LogP contribution in [0.3, 0.4) is 0 Å². The number of hydrogen-bond acceptors (Lipinski definition) is 4. The van der Waals surface area contributed by atoms with E-state index in [1.807, 2.05) is 6.07 Å². The number of nitrogens with zero attached hydrogens (tertiary/aromatic N) is 1. The molecular formula is C14H18N2O3S. The van der Waals surface area contributed by atoms with E-state index in [1.54, 1.807) is 19.2 Å². The maximum atomic E-state index is 12.4. The Balaban J connectivity index is 2.25. The first-order chi connectivity index (χ1) is 9.58. The molecule has 0 heterocycles. The van der Waals surface area contributed by atoms with Crippen LogP contribution in [0.15, 0.2) is 29.2 Å². The number of benzene rings is 1. The number of rotatable bonds is 4. The maximum Gasteiger partial charge on any atom is 0.242 e. The summed E-state index contributed by atoms with van der Waals surface area (Å²) in [6, 6.07) is 7.90. The number of hydrogen-bond donors (Lipinski definition) is 1. The van der Waals surface area contributed by atoms with E-state index >= 15 is 0 Å². The normalized spacial score (nSPS) is 23.2. The van der Waals surface area contributed by atoms with Gasteiger partial charge in [-0.1, -0.05) is 25.0 Å². The number of nitriles is 1. The Kier molecular flexibility index (Phi) is 4.76. The Morgan fingerprint density at radius 3 is 2.70 bits per heavy atom. The SMILES string of the molecule is CO[C@H]1CCCC[C@H]1NS(=O)(=O)c1ccccc1C#N. The van der Waals surface area contributed by atoms with Crippen LogP contribution in [0.2, 0.25) is 0 Å². The van der Waals surface area contributed by atoms with Gasteiger partial charge in [-0.25, -0.2) is 13.1 Å². The zero-order valence-corrected chi connectivity index (χ0v) is 12.2. The lowest BCUT2D eigenvalue weighted by Crippen LogP contribution is -2.45. The predicted octanol–water partition coefficient (Wildman–Crippen LogP) is 1.79. The summed E-state index contributed by atoms with van der Waals surface area (Å²) in [6.07, 6.45) is 3.53. The Hall–Kier alpha value is -1.42. The molecule has 1 aromatic carbocycles. The minimum atomic E-state index is -3.70. The summed E-state index contributed by atoms with van der Waals surface area (Å²) >= 11 is 0. The Morgan fingerprint density at radius 2 is 2.00 bits per heavy atom. The van der Waals surface area contributed by atoms with E-state index in [0.717, 1.165) is 25.7 Å². The van der Waals surface area contributed by atoms with E-state index in [2.05, 4.69) is 4.72 Å². The standard InChI is InChI=1S/C14H18N2O3S/c1-19-13-8-4-3-7-12(13)16-20(17,18)14-9-5-2-6-11(14)10-15/h2,5-6,9,12-13,16H,3-4,7-8H2,1H3/t12-,13+/m1/s1. The van der Waals surface area contributed by atoms with Crippen molar-refractivity contribution in [1.82, 2.24) is 4.72 Å². The molecule has 6 heteroatoms. The molecular weight excluding hydrogens is 276 g/mol. The lowest BCUT2D eigenvalue weighted by atomic mass is 9.93. The Labute approximate surface area is 119 Å². The summed E-state index contributed by atoms with van der Waals surface area (Å²) in [6.45, 7) is 0. The lowest BCUT2D eigenvalue weighted by molar-refractivity contribution is 0.0493. The van der Waals surface area contributed by atoms with Crippen LogP contribution in [-0.4, -0.2) is 27.7 Å². The second-order valence-corrected chi connectivity index (χ2v) is 6.58. The molecule has 0 amide bonds. The van der Waals surface area contributed by atoms with Gasteiger partial charge in [-0.15, -0.1) is 0 Å². The monoisotopic (exact) mass is 294 g/mol. The number of methoxy groups -OCH3 is 1. The van der Waals surface area contributed by atoms with Crippen LogP contribution in [0.5, 0.6) is 0 Å². The van der Waals surface area contributed by atoms with E-state index in [-0.39, 0.29) is 22.6 Å². The van der Waals surface area contributed by atoms with Crippen molar-refractivity contribution in [2.24, 2.45) is 0 Å². The smallest absolute Gasteiger partial charge is 0.242 e. The van der Waals surface area contributed by atoms with Crippen molar-refractivity contribution in [2.75, 3.05) is 7.11 Å². The van der Waals surface area contributed by atoms with Gasteiger partial charge in [-0.2, -0.15) is 5.26 Å². The van der Waals surface area contributed by atoms with Crippen molar-refractivity contribution in [3.63, 3.8) is 0 Å². The minimum absolute atomic E-state index is 0.0305. The van der Waals surface area contributed by atoms with Crippen LogP contribution in [0.25, 0.3) is 0 Å². The Morgan fingerprint density at radius 1 is 1.30 bits per heavy atom. The van der Waals surface area contributed by atoms with Crippen molar-refractivity contribution < 1.29 is 13.2 Å². The zero-order chi connectivity index (χ0) is 14.6. The number of sulfonamides is 1. The second-order valence-electron chi connectivity index (χ2n) is 4.89. The van der Waals surface area contributed by atoms with Crippen LogP contribution < -0.4 is 4.72 Å². The minimum Gasteiger partial charge on any atom is -0.380 e. The average molecular weight is 294 g/mol. The Bertz CT molecular complexity index is 607. The summed E-state index contributed by atoms with van der Waals surface area (Å²) in [5, 5.41) is 9.02. The largest absolute Gasteiger partial charge is 0.380 e. The van der Waals surface area contributed by atoms with Crippen LogP contribution in [0.1, 0.15) is 31.2 Å².